The number of hydrogen-bond donors (Lipinski definition) is 0. The van der Waals surface area contributed by atoms with Gasteiger partial charge in [-0.15, -0.1) is 0 Å². The van der Waals surface area contributed by atoms with E-state index in [1.165, 1.54) is 24.3 Å². The predicted octanol–water partition coefficient (Wildman–Crippen LogP) is 6.78. The van der Waals surface area contributed by atoms with Crippen LogP contribution in [0.1, 0.15) is 51.7 Å². The summed E-state index contributed by atoms with van der Waals surface area (Å²) in [6.07, 6.45) is 2.99. The number of benzene rings is 3. The summed E-state index contributed by atoms with van der Waals surface area (Å²) in [7, 11) is -4.19. The lowest BCUT2D eigenvalue weighted by atomic mass is 9.87. The van der Waals surface area contributed by atoms with E-state index in [0.717, 1.165) is 34.7 Å². The SMILES string of the molecule is CCCCc1ccc(N(C(=O)COc2ccc(C(C)(C)C)cc2)S(=O)(=O)c2ccc(Cl)cc2)cc1. The van der Waals surface area contributed by atoms with Crippen LogP contribution in [0.5, 0.6) is 5.75 Å². The van der Waals surface area contributed by atoms with E-state index in [0.29, 0.717) is 10.8 Å². The zero-order valence-electron chi connectivity index (χ0n) is 20.6. The van der Waals surface area contributed by atoms with E-state index < -0.39 is 22.5 Å². The van der Waals surface area contributed by atoms with Crippen molar-refractivity contribution in [3.05, 3.63) is 88.9 Å². The number of anilines is 1. The van der Waals surface area contributed by atoms with Crippen LogP contribution in [0.3, 0.4) is 0 Å². The molecule has 0 unspecified atom stereocenters. The minimum atomic E-state index is -4.19. The smallest absolute Gasteiger partial charge is 0.278 e. The standard InChI is InChI=1S/C28H32ClNO4S/c1-5-6-7-21-8-14-24(15-9-21)30(35(32,33)26-18-12-23(29)13-19-26)27(31)20-34-25-16-10-22(11-17-25)28(2,3)4/h8-19H,5-7,20H2,1-4H3. The van der Waals surface area contributed by atoms with Crippen LogP contribution in [0, 0.1) is 0 Å². The fourth-order valence-electron chi connectivity index (χ4n) is 3.56. The van der Waals surface area contributed by atoms with Crippen LogP contribution in [0.25, 0.3) is 0 Å². The van der Waals surface area contributed by atoms with Gasteiger partial charge in [-0.2, -0.15) is 4.31 Å². The van der Waals surface area contributed by atoms with Crippen LogP contribution >= 0.6 is 11.6 Å². The Hall–Kier alpha value is -2.83. The number of rotatable bonds is 9. The Kier molecular flexibility index (Phi) is 8.62. The van der Waals surface area contributed by atoms with Gasteiger partial charge in [0.15, 0.2) is 6.61 Å². The Morgan fingerprint density at radius 2 is 1.51 bits per heavy atom. The van der Waals surface area contributed by atoms with Crippen molar-refractivity contribution < 1.29 is 17.9 Å². The summed E-state index contributed by atoms with van der Waals surface area (Å²) in [6.45, 7) is 8.02. The van der Waals surface area contributed by atoms with Crippen LogP contribution < -0.4 is 9.04 Å². The molecule has 0 aliphatic rings. The number of amides is 1. The number of hydrogen-bond acceptors (Lipinski definition) is 4. The van der Waals surface area contributed by atoms with Crippen molar-refractivity contribution in [2.45, 2.75) is 57.3 Å². The molecular weight excluding hydrogens is 482 g/mol. The summed E-state index contributed by atoms with van der Waals surface area (Å²) in [4.78, 5) is 13.3. The second kappa shape index (κ2) is 11.3. The Bertz CT molecular complexity index is 1230. The molecule has 0 bridgehead atoms. The number of halogens is 1. The molecule has 0 fully saturated rings. The number of nitrogens with zero attached hydrogens (tertiary/aromatic N) is 1. The first-order valence-corrected chi connectivity index (χ1v) is 13.5. The molecule has 3 aromatic carbocycles. The molecule has 0 N–H and O–H groups in total. The topological polar surface area (TPSA) is 63.7 Å². The van der Waals surface area contributed by atoms with Gasteiger partial charge in [-0.3, -0.25) is 4.79 Å². The zero-order valence-corrected chi connectivity index (χ0v) is 22.2. The molecule has 0 radical (unpaired) electrons. The first kappa shape index (κ1) is 26.8. The van der Waals surface area contributed by atoms with E-state index in [-0.39, 0.29) is 16.0 Å². The summed E-state index contributed by atoms with van der Waals surface area (Å²) in [6, 6.07) is 20.2. The third-order valence-electron chi connectivity index (χ3n) is 5.65. The first-order chi connectivity index (χ1) is 16.5. The molecular formula is C28H32ClNO4S. The van der Waals surface area contributed by atoms with Crippen LogP contribution in [-0.4, -0.2) is 20.9 Å². The maximum absolute atomic E-state index is 13.5. The lowest BCUT2D eigenvalue weighted by molar-refractivity contribution is -0.119. The molecule has 0 spiro atoms. The van der Waals surface area contributed by atoms with Crippen LogP contribution in [0.15, 0.2) is 77.7 Å². The summed E-state index contributed by atoms with van der Waals surface area (Å²) in [5.41, 5.74) is 2.46. The second-order valence-corrected chi connectivity index (χ2v) is 11.7. The lowest BCUT2D eigenvalue weighted by Crippen LogP contribution is -2.40. The summed E-state index contributed by atoms with van der Waals surface area (Å²) in [5, 5.41) is 0.407. The van der Waals surface area contributed by atoms with Crippen LogP contribution in [0.4, 0.5) is 5.69 Å². The van der Waals surface area contributed by atoms with E-state index in [9.17, 15) is 13.2 Å². The van der Waals surface area contributed by atoms with Crippen molar-refractivity contribution in [2.24, 2.45) is 0 Å². The molecule has 3 rings (SSSR count). The molecule has 35 heavy (non-hydrogen) atoms. The number of sulfonamides is 1. The average Bonchev–Trinajstić information content (AvgIpc) is 2.82. The highest BCUT2D eigenvalue weighted by Gasteiger charge is 2.31. The minimum absolute atomic E-state index is 0.0128. The third-order valence-corrected chi connectivity index (χ3v) is 7.67. The van der Waals surface area contributed by atoms with Crippen molar-refractivity contribution in [1.82, 2.24) is 0 Å². The van der Waals surface area contributed by atoms with Gasteiger partial charge in [-0.1, -0.05) is 70.0 Å². The summed E-state index contributed by atoms with van der Waals surface area (Å²) >= 11 is 5.94. The molecule has 0 saturated heterocycles. The van der Waals surface area contributed by atoms with Crippen molar-refractivity contribution >= 4 is 33.2 Å². The first-order valence-electron chi connectivity index (χ1n) is 11.7. The van der Waals surface area contributed by atoms with Gasteiger partial charge >= 0.3 is 0 Å². The van der Waals surface area contributed by atoms with Crippen molar-refractivity contribution in [3.8, 4) is 5.75 Å². The third kappa shape index (κ3) is 6.86. The number of unbranched alkanes of at least 4 members (excludes halogenated alkanes) is 1. The number of aryl methyl sites for hydroxylation is 1. The quantitative estimate of drug-likeness (QED) is 0.316. The summed E-state index contributed by atoms with van der Waals surface area (Å²) < 4.78 is 33.5. The fraction of sp³-hybridized carbons (Fsp3) is 0.321. The molecule has 1 amide bonds. The van der Waals surface area contributed by atoms with E-state index in [1.54, 1.807) is 24.3 Å². The molecule has 0 aliphatic carbocycles. The minimum Gasteiger partial charge on any atom is -0.484 e. The van der Waals surface area contributed by atoms with E-state index >= 15 is 0 Å². The highest BCUT2D eigenvalue weighted by Crippen LogP contribution is 2.27. The lowest BCUT2D eigenvalue weighted by Gasteiger charge is -2.23. The van der Waals surface area contributed by atoms with Gasteiger partial charge in [0.1, 0.15) is 5.75 Å². The number of ether oxygens (including phenoxy) is 1. The maximum Gasteiger partial charge on any atom is 0.278 e. The summed E-state index contributed by atoms with van der Waals surface area (Å²) in [5.74, 6) is -0.203. The Balaban J connectivity index is 1.88. The largest absolute Gasteiger partial charge is 0.484 e. The molecule has 0 aromatic heterocycles. The Labute approximate surface area is 213 Å². The molecule has 186 valence electrons. The van der Waals surface area contributed by atoms with Crippen molar-refractivity contribution in [1.29, 1.82) is 0 Å². The van der Waals surface area contributed by atoms with Gasteiger partial charge in [0.25, 0.3) is 15.9 Å². The fourth-order valence-corrected chi connectivity index (χ4v) is 5.10. The molecule has 7 heteroatoms. The van der Waals surface area contributed by atoms with Gasteiger partial charge in [-0.25, -0.2) is 8.42 Å². The normalized spacial score (nSPS) is 11.8. The Morgan fingerprint density at radius 1 is 0.914 bits per heavy atom. The van der Waals surface area contributed by atoms with E-state index in [4.69, 9.17) is 16.3 Å². The Morgan fingerprint density at radius 3 is 2.06 bits per heavy atom. The predicted molar refractivity (Wildman–Crippen MR) is 142 cm³/mol. The highest BCUT2D eigenvalue weighted by molar-refractivity contribution is 7.93. The van der Waals surface area contributed by atoms with Gasteiger partial charge in [0.05, 0.1) is 10.6 Å². The highest BCUT2D eigenvalue weighted by atomic mass is 35.5. The van der Waals surface area contributed by atoms with Crippen LogP contribution in [-0.2, 0) is 26.7 Å². The molecule has 0 aliphatic heterocycles. The van der Waals surface area contributed by atoms with Crippen molar-refractivity contribution in [3.63, 3.8) is 0 Å². The zero-order chi connectivity index (χ0) is 25.6. The number of carbonyl (C=O) groups is 1. The van der Waals surface area contributed by atoms with Crippen LogP contribution in [0.2, 0.25) is 5.02 Å². The second-order valence-electron chi connectivity index (χ2n) is 9.45. The number of carbonyl (C=O) groups excluding carboxylic acids is 1. The van der Waals surface area contributed by atoms with E-state index in [2.05, 4.69) is 27.7 Å². The van der Waals surface area contributed by atoms with Gasteiger partial charge in [0.2, 0.25) is 0 Å². The molecule has 0 atom stereocenters. The van der Waals surface area contributed by atoms with Gasteiger partial charge in [-0.05, 0) is 77.9 Å². The molecule has 3 aromatic rings. The van der Waals surface area contributed by atoms with Gasteiger partial charge in [0, 0.05) is 5.02 Å². The van der Waals surface area contributed by atoms with E-state index in [1.807, 2.05) is 24.3 Å². The molecule has 0 saturated carbocycles. The average molecular weight is 514 g/mol. The maximum atomic E-state index is 13.5. The molecule has 0 heterocycles. The van der Waals surface area contributed by atoms with Gasteiger partial charge < -0.3 is 4.74 Å². The molecule has 5 nitrogen and oxygen atoms in total. The van der Waals surface area contributed by atoms with Crippen molar-refractivity contribution in [2.75, 3.05) is 10.9 Å². The monoisotopic (exact) mass is 513 g/mol.